The summed E-state index contributed by atoms with van der Waals surface area (Å²) in [4.78, 5) is 17.0. The first kappa shape index (κ1) is 8.04. The van der Waals surface area contributed by atoms with Crippen LogP contribution >= 0.6 is 21.8 Å². The molecule has 0 aromatic rings. The highest BCUT2D eigenvalue weighted by atomic mass is 127. The fourth-order valence-corrected chi connectivity index (χ4v) is 2.31. The van der Waals surface area contributed by atoms with E-state index in [1.54, 1.807) is 6.55 Å². The van der Waals surface area contributed by atoms with Crippen LogP contribution in [0.2, 0.25) is 6.55 Å². The lowest BCUT2D eigenvalue weighted by atomic mass is 11.9. The van der Waals surface area contributed by atoms with Gasteiger partial charge in [-0.3, -0.25) is 0 Å². The first-order valence-corrected chi connectivity index (χ1v) is 8.40. The first-order chi connectivity index (χ1) is 3.06. The number of rotatable bonds is 2. The van der Waals surface area contributed by atoms with E-state index in [2.05, 4.69) is 4.12 Å². The summed E-state index contributed by atoms with van der Waals surface area (Å²) in [5.41, 5.74) is 0. The molecule has 0 aromatic carbocycles. The quantitative estimate of drug-likeness (QED) is 0.375. The minimum Gasteiger partial charge on any atom is -0.416 e. The molecule has 6 heteroatoms. The maximum atomic E-state index is 8.80. The maximum Gasteiger partial charge on any atom is 0.392 e. The summed E-state index contributed by atoms with van der Waals surface area (Å²) in [7, 11) is -1.39. The zero-order valence-electron chi connectivity index (χ0n) is 3.89. The molecule has 7 heavy (non-hydrogen) atoms. The van der Waals surface area contributed by atoms with Gasteiger partial charge in [0.05, 0.1) is 0 Å². The smallest absolute Gasteiger partial charge is 0.392 e. The highest BCUT2D eigenvalue weighted by Crippen LogP contribution is 2.06. The van der Waals surface area contributed by atoms with Gasteiger partial charge < -0.3 is 13.7 Å². The van der Waals surface area contributed by atoms with E-state index in [9.17, 15) is 0 Å². The van der Waals surface area contributed by atoms with E-state index < -0.39 is 16.1 Å². The number of halogens is 1. The Labute approximate surface area is 58.2 Å². The average Bonchev–Trinajstić information content (AvgIpc) is 1.30. The molecule has 0 fully saturated rings. The second kappa shape index (κ2) is 3.15. The maximum absolute atomic E-state index is 8.80. The molecule has 1 unspecified atom stereocenters. The van der Waals surface area contributed by atoms with Crippen molar-refractivity contribution in [2.75, 3.05) is 0 Å². The monoisotopic (exact) mass is 250 g/mol. The molecular formula is CH7IO3Si2. The van der Waals surface area contributed by atoms with E-state index in [0.29, 0.717) is 0 Å². The van der Waals surface area contributed by atoms with Crippen molar-refractivity contribution in [3.05, 3.63) is 0 Å². The third kappa shape index (κ3) is 7.04. The zero-order valence-corrected chi connectivity index (χ0v) is 8.46. The van der Waals surface area contributed by atoms with Gasteiger partial charge in [0.1, 0.15) is 0 Å². The van der Waals surface area contributed by atoms with Gasteiger partial charge in [-0.15, -0.1) is 0 Å². The van der Waals surface area contributed by atoms with Crippen molar-refractivity contribution in [1.82, 2.24) is 0 Å². The summed E-state index contributed by atoms with van der Waals surface area (Å²) in [6.45, 7) is 1.61. The molecule has 3 nitrogen and oxygen atoms in total. The second-order valence-electron chi connectivity index (χ2n) is 1.14. The van der Waals surface area contributed by atoms with Gasteiger partial charge in [0, 0.05) is 0 Å². The normalized spacial score (nSPS) is 20.6. The number of hydrogen-bond acceptors (Lipinski definition) is 3. The molecule has 0 saturated carbocycles. The molecule has 0 heterocycles. The van der Waals surface area contributed by atoms with Crippen molar-refractivity contribution in [1.29, 1.82) is 0 Å². The van der Waals surface area contributed by atoms with Crippen molar-refractivity contribution >= 4 is 37.9 Å². The van der Waals surface area contributed by atoms with Crippen LogP contribution in [0.3, 0.4) is 0 Å². The molecule has 44 valence electrons. The minimum atomic E-state index is -2.38. The summed E-state index contributed by atoms with van der Waals surface area (Å²) < 4.78 is 4.60. The van der Waals surface area contributed by atoms with E-state index >= 15 is 0 Å². The number of hydrogen-bond donors (Lipinski definition) is 2. The van der Waals surface area contributed by atoms with Gasteiger partial charge in [-0.2, -0.15) is 0 Å². The van der Waals surface area contributed by atoms with E-state index in [1.807, 2.05) is 21.8 Å². The Balaban J connectivity index is 3.15. The molecular weight excluding hydrogens is 243 g/mol. The van der Waals surface area contributed by atoms with Crippen molar-refractivity contribution in [3.63, 3.8) is 0 Å². The molecule has 0 aliphatic heterocycles. The molecule has 2 N–H and O–H groups in total. The van der Waals surface area contributed by atoms with Crippen molar-refractivity contribution < 1.29 is 13.7 Å². The van der Waals surface area contributed by atoms with Gasteiger partial charge in [-0.1, -0.05) is 0 Å². The lowest BCUT2D eigenvalue weighted by Crippen LogP contribution is -2.27. The highest BCUT2D eigenvalue weighted by molar-refractivity contribution is 14.1. The Bertz CT molecular complexity index is 51.4. The predicted molar refractivity (Wildman–Crippen MR) is 39.7 cm³/mol. The van der Waals surface area contributed by atoms with Crippen LogP contribution in [0.15, 0.2) is 0 Å². The predicted octanol–water partition coefficient (Wildman–Crippen LogP) is -1.01. The fraction of sp³-hybridized carbons (Fsp3) is 1.00. The van der Waals surface area contributed by atoms with Crippen molar-refractivity contribution in [2.24, 2.45) is 0 Å². The van der Waals surface area contributed by atoms with E-state index in [1.165, 1.54) is 0 Å². The second-order valence-corrected chi connectivity index (χ2v) is 10.3. The van der Waals surface area contributed by atoms with Crippen molar-refractivity contribution in [3.8, 4) is 0 Å². The topological polar surface area (TPSA) is 49.7 Å². The lowest BCUT2D eigenvalue weighted by molar-refractivity contribution is 0.383. The Hall–Kier alpha value is 1.04. The van der Waals surface area contributed by atoms with Crippen LogP contribution in [0.1, 0.15) is 0 Å². The lowest BCUT2D eigenvalue weighted by Gasteiger charge is -2.08. The molecule has 0 aliphatic carbocycles. The van der Waals surface area contributed by atoms with Crippen LogP contribution in [0.5, 0.6) is 0 Å². The SMILES string of the molecule is C[Si](O)(I)O[SiH2]O. The molecule has 0 aromatic heterocycles. The highest BCUT2D eigenvalue weighted by Gasteiger charge is 2.19. The molecule has 0 bridgehead atoms. The average molecular weight is 250 g/mol. The summed E-state index contributed by atoms with van der Waals surface area (Å²) in [5, 5.41) is 0. The third-order valence-electron chi connectivity index (χ3n) is 0.328. The molecule has 0 amide bonds. The van der Waals surface area contributed by atoms with Crippen LogP contribution in [0, 0.1) is 0 Å². The fourth-order valence-electron chi connectivity index (χ4n) is 0.118. The van der Waals surface area contributed by atoms with Crippen LogP contribution in [-0.2, 0) is 4.12 Å². The first-order valence-electron chi connectivity index (χ1n) is 1.72. The van der Waals surface area contributed by atoms with Crippen LogP contribution in [0.25, 0.3) is 0 Å². The summed E-state index contributed by atoms with van der Waals surface area (Å²) in [5.74, 6) is 0. The van der Waals surface area contributed by atoms with Crippen LogP contribution in [-0.4, -0.2) is 25.7 Å². The van der Waals surface area contributed by atoms with Crippen LogP contribution < -0.4 is 0 Å². The Morgan fingerprint density at radius 3 is 2.29 bits per heavy atom. The van der Waals surface area contributed by atoms with E-state index in [-0.39, 0.29) is 0 Å². The molecule has 1 atom stereocenters. The molecule has 0 radical (unpaired) electrons. The van der Waals surface area contributed by atoms with Gasteiger partial charge in [-0.05, 0) is 28.3 Å². The molecule has 0 aliphatic rings. The standard InChI is InChI=1S/CH7IO3Si2/c1-7(2,4)5-6-3/h3-4H,6H2,1H3. The van der Waals surface area contributed by atoms with Gasteiger partial charge in [-0.25, -0.2) is 0 Å². The molecule has 0 spiro atoms. The zero-order chi connectivity index (χ0) is 5.91. The van der Waals surface area contributed by atoms with Crippen LogP contribution in [0.4, 0.5) is 0 Å². The Kier molecular flexibility index (Phi) is 3.61. The third-order valence-corrected chi connectivity index (χ3v) is 5.75. The molecule has 0 saturated heterocycles. The summed E-state index contributed by atoms with van der Waals surface area (Å²) in [6.07, 6.45) is 0. The Morgan fingerprint density at radius 2 is 2.29 bits per heavy atom. The molecule has 0 rings (SSSR count). The van der Waals surface area contributed by atoms with Gasteiger partial charge >= 0.3 is 6.06 Å². The van der Waals surface area contributed by atoms with E-state index in [4.69, 9.17) is 9.59 Å². The Morgan fingerprint density at radius 1 is 1.86 bits per heavy atom. The van der Waals surface area contributed by atoms with Gasteiger partial charge in [0.15, 0.2) is 0 Å². The van der Waals surface area contributed by atoms with E-state index in [0.717, 1.165) is 0 Å². The van der Waals surface area contributed by atoms with Gasteiger partial charge in [0.25, 0.3) is 10.0 Å². The summed E-state index contributed by atoms with van der Waals surface area (Å²) >= 11 is 1.82. The largest absolute Gasteiger partial charge is 0.416 e. The van der Waals surface area contributed by atoms with Crippen molar-refractivity contribution in [2.45, 2.75) is 6.55 Å². The van der Waals surface area contributed by atoms with Gasteiger partial charge in [0.2, 0.25) is 0 Å². The summed E-state index contributed by atoms with van der Waals surface area (Å²) in [6, 6.07) is -2.38. The minimum absolute atomic E-state index is 1.39.